The van der Waals surface area contributed by atoms with Gasteiger partial charge in [0.15, 0.2) is 5.79 Å². The van der Waals surface area contributed by atoms with E-state index in [-0.39, 0.29) is 12.8 Å². The number of rotatable bonds is 10. The van der Waals surface area contributed by atoms with Crippen molar-refractivity contribution in [1.29, 1.82) is 0 Å². The third-order valence-electron chi connectivity index (χ3n) is 4.72. The molecule has 0 aromatic rings. The summed E-state index contributed by atoms with van der Waals surface area (Å²) >= 11 is 0. The van der Waals surface area contributed by atoms with Crippen LogP contribution < -0.4 is 0 Å². The second kappa shape index (κ2) is 9.91. The van der Waals surface area contributed by atoms with E-state index in [1.807, 2.05) is 0 Å². The largest absolute Gasteiger partial charge is 0.470 e. The molecule has 1 aliphatic carbocycles. The molecular formula is C12H26O18P4. The van der Waals surface area contributed by atoms with Crippen molar-refractivity contribution in [2.45, 2.75) is 75.5 Å². The summed E-state index contributed by atoms with van der Waals surface area (Å²) in [6, 6.07) is 0. The predicted octanol–water partition coefficient (Wildman–Crippen LogP) is -0.398. The van der Waals surface area contributed by atoms with Crippen molar-refractivity contribution >= 4 is 31.3 Å². The van der Waals surface area contributed by atoms with E-state index < -0.39 is 73.2 Å². The Hall–Kier alpha value is 0.360. The van der Waals surface area contributed by atoms with Crippen LogP contribution in [0.25, 0.3) is 0 Å². The molecule has 0 bridgehead atoms. The van der Waals surface area contributed by atoms with Crippen molar-refractivity contribution in [3.8, 4) is 0 Å². The normalized spacial score (nSPS) is 34.7. The second-order valence-corrected chi connectivity index (χ2v) is 12.7. The Balaban J connectivity index is 2.86. The van der Waals surface area contributed by atoms with Crippen LogP contribution in [0.4, 0.5) is 0 Å². The van der Waals surface area contributed by atoms with Gasteiger partial charge in [0.05, 0.1) is 0 Å². The first kappa shape index (κ1) is 30.6. The summed E-state index contributed by atoms with van der Waals surface area (Å²) in [5, 5.41) is 0. The topological polar surface area (TPSA) is 285 Å². The van der Waals surface area contributed by atoms with Gasteiger partial charge in [-0.05, 0) is 20.3 Å². The molecule has 8 N–H and O–H groups in total. The van der Waals surface area contributed by atoms with Gasteiger partial charge in [0, 0.05) is 0 Å². The summed E-state index contributed by atoms with van der Waals surface area (Å²) in [5.41, 5.74) is -2.17. The maximum atomic E-state index is 11.8. The third-order valence-corrected chi connectivity index (χ3v) is 6.78. The molecule has 202 valence electrons. The van der Waals surface area contributed by atoms with Gasteiger partial charge in [0.1, 0.15) is 36.1 Å². The quantitative estimate of drug-likeness (QED) is 0.152. The van der Waals surface area contributed by atoms with E-state index in [9.17, 15) is 57.4 Å². The van der Waals surface area contributed by atoms with Gasteiger partial charge < -0.3 is 48.6 Å². The standard InChI is InChI=1S/C12H26O18P4/c1-4-5-12-9(25-11(2,3)30-12)7(27-32(16,17)18)6(26-31(13,14)15)8(28-33(19,20)21)10(12)29-34(22,23)24/h6-10H,4-5H2,1-3H3,(H2,13,14,15)(H2,16,17,18)(H2,19,20,21)(H2,22,23,24)/t6-,7-,8+,9+,10-,12+/m1/s1. The van der Waals surface area contributed by atoms with Crippen LogP contribution in [-0.4, -0.2) is 81.1 Å². The van der Waals surface area contributed by atoms with E-state index in [1.54, 1.807) is 6.92 Å². The van der Waals surface area contributed by atoms with Gasteiger partial charge in [-0.25, -0.2) is 18.3 Å². The van der Waals surface area contributed by atoms with E-state index >= 15 is 0 Å². The number of phosphoric ester groups is 4. The van der Waals surface area contributed by atoms with Crippen LogP contribution in [0.15, 0.2) is 0 Å². The first-order valence-electron chi connectivity index (χ1n) is 9.32. The second-order valence-electron chi connectivity index (χ2n) is 7.94. The molecule has 2 aliphatic rings. The van der Waals surface area contributed by atoms with Gasteiger partial charge in [-0.3, -0.25) is 18.1 Å². The average Bonchev–Trinajstić information content (AvgIpc) is 2.82. The molecule has 1 aliphatic heterocycles. The molecule has 0 aromatic carbocycles. The van der Waals surface area contributed by atoms with E-state index in [4.69, 9.17) is 14.0 Å². The molecule has 0 spiro atoms. The lowest BCUT2D eigenvalue weighted by Gasteiger charge is -2.51. The Bertz CT molecular complexity index is 929. The van der Waals surface area contributed by atoms with Crippen LogP contribution in [0.3, 0.4) is 0 Å². The number of hydrogen-bond donors (Lipinski definition) is 8. The lowest BCUT2D eigenvalue weighted by molar-refractivity contribution is -0.225. The molecule has 1 saturated carbocycles. The highest BCUT2D eigenvalue weighted by Gasteiger charge is 2.71. The zero-order valence-corrected chi connectivity index (χ0v) is 21.3. The lowest BCUT2D eigenvalue weighted by Crippen LogP contribution is -2.71. The SMILES string of the molecule is CCC[C@]12OC(C)(C)O[C@H]1[C@H](OP(=O)(O)O)[C@@H](OP(=O)(O)O)[C@H](OP(=O)(O)O)[C@H]2OP(=O)(O)O. The van der Waals surface area contributed by atoms with Crippen LogP contribution in [0.2, 0.25) is 0 Å². The molecule has 0 unspecified atom stereocenters. The van der Waals surface area contributed by atoms with Crippen LogP contribution in [0.5, 0.6) is 0 Å². The summed E-state index contributed by atoms with van der Waals surface area (Å²) in [6.45, 7) is 4.11. The molecule has 1 saturated heterocycles. The Morgan fingerprint density at radius 1 is 0.706 bits per heavy atom. The molecule has 1 heterocycles. The Kier molecular flexibility index (Phi) is 8.92. The third kappa shape index (κ3) is 7.93. The van der Waals surface area contributed by atoms with Gasteiger partial charge in [0.2, 0.25) is 0 Å². The first-order valence-corrected chi connectivity index (χ1v) is 15.4. The summed E-state index contributed by atoms with van der Waals surface area (Å²) in [5.74, 6) is -1.68. The summed E-state index contributed by atoms with van der Waals surface area (Å²) in [4.78, 5) is 75.3. The minimum absolute atomic E-state index is 0.117. The van der Waals surface area contributed by atoms with Gasteiger partial charge in [-0.2, -0.15) is 0 Å². The zero-order chi connectivity index (χ0) is 26.5. The molecular weight excluding hydrogens is 556 g/mol. The maximum Gasteiger partial charge on any atom is 0.470 e. The van der Waals surface area contributed by atoms with Crippen molar-refractivity contribution in [1.82, 2.24) is 0 Å². The molecule has 0 amide bonds. The van der Waals surface area contributed by atoms with Crippen molar-refractivity contribution < 1.29 is 85.0 Å². The Morgan fingerprint density at radius 3 is 1.53 bits per heavy atom. The molecule has 2 rings (SSSR count). The number of ether oxygens (including phenoxy) is 2. The number of hydrogen-bond acceptors (Lipinski definition) is 10. The molecule has 6 atom stereocenters. The van der Waals surface area contributed by atoms with E-state index in [0.717, 1.165) is 0 Å². The Morgan fingerprint density at radius 2 is 1.12 bits per heavy atom. The fourth-order valence-corrected chi connectivity index (χ4v) is 6.42. The van der Waals surface area contributed by atoms with E-state index in [2.05, 4.69) is 13.6 Å². The summed E-state index contributed by atoms with van der Waals surface area (Å²) < 4.78 is 76.7. The average molecular weight is 582 g/mol. The van der Waals surface area contributed by atoms with Crippen molar-refractivity contribution in [3.63, 3.8) is 0 Å². The highest BCUT2D eigenvalue weighted by molar-refractivity contribution is 7.47. The first-order chi connectivity index (χ1) is 15.0. The summed E-state index contributed by atoms with van der Waals surface area (Å²) in [6.07, 6.45) is -11.5. The summed E-state index contributed by atoms with van der Waals surface area (Å²) in [7, 11) is -22.4. The predicted molar refractivity (Wildman–Crippen MR) is 105 cm³/mol. The molecule has 2 fully saturated rings. The number of fused-ring (bicyclic) bond motifs is 1. The Labute approximate surface area is 192 Å². The fraction of sp³-hybridized carbons (Fsp3) is 1.00. The fourth-order valence-electron chi connectivity index (χ4n) is 4.17. The molecule has 34 heavy (non-hydrogen) atoms. The van der Waals surface area contributed by atoms with E-state index in [0.29, 0.717) is 0 Å². The lowest BCUT2D eigenvalue weighted by atomic mass is 9.72. The van der Waals surface area contributed by atoms with Crippen molar-refractivity contribution in [3.05, 3.63) is 0 Å². The van der Waals surface area contributed by atoms with Gasteiger partial charge >= 0.3 is 31.3 Å². The van der Waals surface area contributed by atoms with Crippen LogP contribution in [0, 0.1) is 0 Å². The molecule has 18 nitrogen and oxygen atoms in total. The molecule has 0 aromatic heterocycles. The van der Waals surface area contributed by atoms with Gasteiger partial charge in [-0.15, -0.1) is 0 Å². The smallest absolute Gasteiger partial charge is 0.341 e. The maximum absolute atomic E-state index is 11.8. The van der Waals surface area contributed by atoms with Crippen LogP contribution in [0.1, 0.15) is 33.6 Å². The minimum Gasteiger partial charge on any atom is -0.341 e. The van der Waals surface area contributed by atoms with Gasteiger partial charge in [0.25, 0.3) is 0 Å². The monoisotopic (exact) mass is 582 g/mol. The van der Waals surface area contributed by atoms with Gasteiger partial charge in [-0.1, -0.05) is 13.3 Å². The van der Waals surface area contributed by atoms with Crippen molar-refractivity contribution in [2.24, 2.45) is 0 Å². The van der Waals surface area contributed by atoms with Crippen molar-refractivity contribution in [2.75, 3.05) is 0 Å². The highest BCUT2D eigenvalue weighted by Crippen LogP contribution is 2.59. The highest BCUT2D eigenvalue weighted by atomic mass is 31.2. The van der Waals surface area contributed by atoms with Crippen LogP contribution in [-0.2, 0) is 45.8 Å². The number of phosphoric acid groups is 4. The van der Waals surface area contributed by atoms with E-state index in [1.165, 1.54) is 13.8 Å². The minimum atomic E-state index is -5.65. The van der Waals surface area contributed by atoms with Crippen LogP contribution >= 0.6 is 31.3 Å². The zero-order valence-electron chi connectivity index (χ0n) is 17.8. The molecule has 0 radical (unpaired) electrons. The molecule has 22 heteroatoms.